The summed E-state index contributed by atoms with van der Waals surface area (Å²) in [5.74, 6) is -0.462. The zero-order valence-corrected chi connectivity index (χ0v) is 6.87. The summed E-state index contributed by atoms with van der Waals surface area (Å²) in [6, 6.07) is 0. The van der Waals surface area contributed by atoms with Crippen molar-refractivity contribution >= 4 is 5.97 Å². The fraction of sp³-hybridized carbons (Fsp3) is 0.500. The van der Waals surface area contributed by atoms with Crippen LogP contribution < -0.4 is 0 Å². The highest BCUT2D eigenvalue weighted by Gasteiger charge is 2.03. The Balaban J connectivity index is 3.37. The molecule has 0 saturated heterocycles. The van der Waals surface area contributed by atoms with Crippen LogP contribution in [-0.4, -0.2) is 18.7 Å². The fourth-order valence-corrected chi connectivity index (χ4v) is 0.513. The third kappa shape index (κ3) is 5.61. The minimum absolute atomic E-state index is 0.163. The van der Waals surface area contributed by atoms with Crippen LogP contribution in [0.25, 0.3) is 0 Å². The van der Waals surface area contributed by atoms with Gasteiger partial charge in [-0.1, -0.05) is 6.58 Å². The first-order valence-corrected chi connectivity index (χ1v) is 3.48. The Labute approximate surface area is 67.0 Å². The number of esters is 1. The lowest BCUT2D eigenvalue weighted by molar-refractivity contribution is -0.136. The predicted octanol–water partition coefficient (Wildman–Crippen LogP) is 1.30. The van der Waals surface area contributed by atoms with Gasteiger partial charge in [0.25, 0.3) is 0 Å². The summed E-state index contributed by atoms with van der Waals surface area (Å²) in [6.07, 6.45) is 0.943. The van der Waals surface area contributed by atoms with E-state index in [1.807, 2.05) is 6.92 Å². The monoisotopic (exact) mass is 157 g/mol. The fourth-order valence-electron chi connectivity index (χ4n) is 0.513. The SMILES string of the molecule is C=CC(=O)O[CH]C(C)OCC. The molecular formula is C8H13O3. The largest absolute Gasteiger partial charge is 0.452 e. The highest BCUT2D eigenvalue weighted by Crippen LogP contribution is 1.97. The zero-order chi connectivity index (χ0) is 8.69. The summed E-state index contributed by atoms with van der Waals surface area (Å²) in [5, 5.41) is 0. The number of carbonyl (C=O) groups excluding carboxylic acids is 1. The molecule has 1 unspecified atom stereocenters. The predicted molar refractivity (Wildman–Crippen MR) is 41.7 cm³/mol. The van der Waals surface area contributed by atoms with Gasteiger partial charge >= 0.3 is 5.97 Å². The second-order valence-electron chi connectivity index (χ2n) is 1.94. The zero-order valence-electron chi connectivity index (χ0n) is 6.87. The van der Waals surface area contributed by atoms with Gasteiger partial charge in [-0.05, 0) is 13.8 Å². The molecule has 1 radical (unpaired) electrons. The molecule has 0 rings (SSSR count). The third-order valence-electron chi connectivity index (χ3n) is 0.972. The van der Waals surface area contributed by atoms with E-state index in [1.54, 1.807) is 6.92 Å². The van der Waals surface area contributed by atoms with Gasteiger partial charge in [0.05, 0.1) is 6.10 Å². The number of hydrogen-bond acceptors (Lipinski definition) is 3. The summed E-state index contributed by atoms with van der Waals surface area (Å²) >= 11 is 0. The van der Waals surface area contributed by atoms with Crippen LogP contribution in [0.4, 0.5) is 0 Å². The Morgan fingerprint density at radius 1 is 1.73 bits per heavy atom. The van der Waals surface area contributed by atoms with Gasteiger partial charge in [-0.2, -0.15) is 0 Å². The lowest BCUT2D eigenvalue weighted by Crippen LogP contribution is -2.12. The Hall–Kier alpha value is -0.830. The van der Waals surface area contributed by atoms with Gasteiger partial charge in [0.15, 0.2) is 6.61 Å². The first-order chi connectivity index (χ1) is 5.20. The molecule has 11 heavy (non-hydrogen) atoms. The van der Waals surface area contributed by atoms with E-state index < -0.39 is 5.97 Å². The van der Waals surface area contributed by atoms with Gasteiger partial charge in [0.2, 0.25) is 0 Å². The molecule has 0 amide bonds. The summed E-state index contributed by atoms with van der Waals surface area (Å²) < 4.78 is 9.67. The Bertz CT molecular complexity index is 131. The third-order valence-corrected chi connectivity index (χ3v) is 0.972. The molecule has 0 N–H and O–H groups in total. The standard InChI is InChI=1S/C8H13O3/c1-4-8(9)11-6-7(3)10-5-2/h4,6-7H,1,5H2,2-3H3. The van der Waals surface area contributed by atoms with E-state index in [0.29, 0.717) is 6.61 Å². The molecule has 0 aromatic heterocycles. The lowest BCUT2D eigenvalue weighted by atomic mass is 10.4. The second kappa shape index (κ2) is 5.92. The van der Waals surface area contributed by atoms with E-state index in [9.17, 15) is 4.79 Å². The van der Waals surface area contributed by atoms with E-state index in [2.05, 4.69) is 11.3 Å². The molecule has 0 fully saturated rings. The molecule has 0 aromatic rings. The molecule has 1 atom stereocenters. The van der Waals surface area contributed by atoms with Gasteiger partial charge < -0.3 is 9.47 Å². The van der Waals surface area contributed by atoms with Gasteiger partial charge in [0.1, 0.15) is 0 Å². The summed E-state index contributed by atoms with van der Waals surface area (Å²) in [4.78, 5) is 10.5. The molecule has 0 aliphatic rings. The van der Waals surface area contributed by atoms with Gasteiger partial charge in [-0.15, -0.1) is 0 Å². The maximum Gasteiger partial charge on any atom is 0.330 e. The van der Waals surface area contributed by atoms with Gasteiger partial charge in [-0.25, -0.2) is 4.79 Å². The Kier molecular flexibility index (Phi) is 5.47. The van der Waals surface area contributed by atoms with Crippen LogP contribution >= 0.6 is 0 Å². The minimum Gasteiger partial charge on any atom is -0.452 e. The molecule has 0 saturated carbocycles. The molecule has 3 nitrogen and oxygen atoms in total. The summed E-state index contributed by atoms with van der Waals surface area (Å²) in [6.45, 7) is 8.86. The Morgan fingerprint density at radius 3 is 2.82 bits per heavy atom. The van der Waals surface area contributed by atoms with Crippen LogP contribution in [0.15, 0.2) is 12.7 Å². The van der Waals surface area contributed by atoms with Crippen molar-refractivity contribution in [2.45, 2.75) is 20.0 Å². The van der Waals surface area contributed by atoms with Crippen LogP contribution in [0.3, 0.4) is 0 Å². The maximum atomic E-state index is 10.5. The maximum absolute atomic E-state index is 10.5. The molecule has 0 heterocycles. The molecule has 0 spiro atoms. The smallest absolute Gasteiger partial charge is 0.330 e. The highest BCUT2D eigenvalue weighted by molar-refractivity contribution is 5.81. The van der Waals surface area contributed by atoms with Crippen LogP contribution in [0.5, 0.6) is 0 Å². The van der Waals surface area contributed by atoms with Crippen molar-refractivity contribution < 1.29 is 14.3 Å². The number of rotatable bonds is 5. The van der Waals surface area contributed by atoms with Crippen molar-refractivity contribution in [3.05, 3.63) is 19.3 Å². The van der Waals surface area contributed by atoms with Crippen LogP contribution in [0.1, 0.15) is 13.8 Å². The van der Waals surface area contributed by atoms with Crippen molar-refractivity contribution in [2.75, 3.05) is 6.61 Å². The van der Waals surface area contributed by atoms with Crippen molar-refractivity contribution in [1.82, 2.24) is 0 Å². The highest BCUT2D eigenvalue weighted by atomic mass is 16.6. The summed E-state index contributed by atoms with van der Waals surface area (Å²) in [5.41, 5.74) is 0. The van der Waals surface area contributed by atoms with E-state index in [0.717, 1.165) is 6.08 Å². The van der Waals surface area contributed by atoms with Crippen molar-refractivity contribution in [3.63, 3.8) is 0 Å². The average molecular weight is 157 g/mol. The van der Waals surface area contributed by atoms with Crippen LogP contribution in [0, 0.1) is 6.61 Å². The first kappa shape index (κ1) is 10.2. The molecule has 0 aliphatic carbocycles. The van der Waals surface area contributed by atoms with Gasteiger partial charge in [0, 0.05) is 12.7 Å². The number of ether oxygens (including phenoxy) is 2. The van der Waals surface area contributed by atoms with Crippen LogP contribution in [-0.2, 0) is 14.3 Å². The minimum atomic E-state index is -0.462. The Morgan fingerprint density at radius 2 is 2.36 bits per heavy atom. The second-order valence-corrected chi connectivity index (χ2v) is 1.94. The van der Waals surface area contributed by atoms with E-state index in [1.165, 1.54) is 6.61 Å². The first-order valence-electron chi connectivity index (χ1n) is 3.48. The molecule has 0 bridgehead atoms. The van der Waals surface area contributed by atoms with Crippen molar-refractivity contribution in [2.24, 2.45) is 0 Å². The number of carbonyl (C=O) groups is 1. The molecule has 0 aromatic carbocycles. The quantitative estimate of drug-likeness (QED) is 0.445. The van der Waals surface area contributed by atoms with E-state index in [-0.39, 0.29) is 6.10 Å². The molecule has 3 heteroatoms. The summed E-state index contributed by atoms with van der Waals surface area (Å²) in [7, 11) is 0. The van der Waals surface area contributed by atoms with Crippen molar-refractivity contribution in [3.8, 4) is 0 Å². The normalized spacial score (nSPS) is 12.2. The van der Waals surface area contributed by atoms with Crippen molar-refractivity contribution in [1.29, 1.82) is 0 Å². The van der Waals surface area contributed by atoms with Gasteiger partial charge in [-0.3, -0.25) is 0 Å². The van der Waals surface area contributed by atoms with Crippen LogP contribution in [0.2, 0.25) is 0 Å². The average Bonchev–Trinajstić information content (AvgIpc) is 2.01. The molecule has 63 valence electrons. The van der Waals surface area contributed by atoms with E-state index in [4.69, 9.17) is 4.74 Å². The number of hydrogen-bond donors (Lipinski definition) is 0. The lowest BCUT2D eigenvalue weighted by Gasteiger charge is -2.09. The molecule has 0 aliphatic heterocycles. The molecular weight excluding hydrogens is 144 g/mol. The van der Waals surface area contributed by atoms with E-state index >= 15 is 0 Å². The topological polar surface area (TPSA) is 35.5 Å².